The van der Waals surface area contributed by atoms with Crippen molar-refractivity contribution < 1.29 is 4.39 Å². The van der Waals surface area contributed by atoms with Crippen molar-refractivity contribution >= 4 is 0 Å². The third-order valence-electron chi connectivity index (χ3n) is 3.06. The lowest BCUT2D eigenvalue weighted by molar-refractivity contribution is 0.255. The van der Waals surface area contributed by atoms with Crippen LogP contribution in [0.15, 0.2) is 24.3 Å². The predicted molar refractivity (Wildman–Crippen MR) is 67.2 cm³/mol. The fourth-order valence-electron chi connectivity index (χ4n) is 2.08. The lowest BCUT2D eigenvalue weighted by Crippen LogP contribution is -2.29. The molecule has 1 aliphatic heterocycles. The van der Waals surface area contributed by atoms with Crippen LogP contribution >= 0.6 is 0 Å². The predicted octanol–water partition coefficient (Wildman–Crippen LogP) is 3.66. The number of piperidine rings is 1. The Morgan fingerprint density at radius 3 is 2.06 bits per heavy atom. The summed E-state index contributed by atoms with van der Waals surface area (Å²) < 4.78 is 12.7. The van der Waals surface area contributed by atoms with Crippen LogP contribution in [0.5, 0.6) is 0 Å². The lowest BCUT2D eigenvalue weighted by atomic mass is 9.90. The molecule has 1 aromatic carbocycles. The van der Waals surface area contributed by atoms with Gasteiger partial charge in [0.15, 0.2) is 0 Å². The molecule has 1 saturated heterocycles. The van der Waals surface area contributed by atoms with Crippen molar-refractivity contribution in [2.75, 3.05) is 20.1 Å². The van der Waals surface area contributed by atoms with E-state index < -0.39 is 0 Å². The molecule has 1 nitrogen and oxygen atoms in total. The average molecular weight is 223 g/mol. The molecular weight excluding hydrogens is 201 g/mol. The molecule has 2 rings (SSSR count). The van der Waals surface area contributed by atoms with E-state index in [0.717, 1.165) is 13.1 Å². The molecule has 1 aliphatic rings. The Morgan fingerprint density at radius 2 is 1.56 bits per heavy atom. The number of hydrogen-bond acceptors (Lipinski definition) is 1. The zero-order valence-corrected chi connectivity index (χ0v) is 10.5. The fraction of sp³-hybridized carbons (Fsp3) is 0.571. The highest BCUT2D eigenvalue weighted by Crippen LogP contribution is 2.27. The molecule has 0 atom stereocenters. The molecule has 2 heteroatoms. The molecule has 0 bridgehead atoms. The first kappa shape index (κ1) is 13.2. The second-order valence-corrected chi connectivity index (χ2v) is 4.13. The van der Waals surface area contributed by atoms with Crippen LogP contribution < -0.4 is 0 Å². The van der Waals surface area contributed by atoms with Crippen LogP contribution in [0, 0.1) is 5.82 Å². The third kappa shape index (κ3) is 3.60. The molecule has 0 aromatic heterocycles. The van der Waals surface area contributed by atoms with Crippen LogP contribution in [0.4, 0.5) is 4.39 Å². The summed E-state index contributed by atoms with van der Waals surface area (Å²) in [6, 6.07) is 6.97. The first-order chi connectivity index (χ1) is 7.75. The Bertz CT molecular complexity index is 286. The summed E-state index contributed by atoms with van der Waals surface area (Å²) in [7, 11) is 2.15. The second kappa shape index (κ2) is 6.64. The minimum absolute atomic E-state index is 0.137. The number of rotatable bonds is 1. The maximum Gasteiger partial charge on any atom is 0.123 e. The van der Waals surface area contributed by atoms with Crippen LogP contribution in [0.2, 0.25) is 0 Å². The zero-order valence-electron chi connectivity index (χ0n) is 10.5. The summed E-state index contributed by atoms with van der Waals surface area (Å²) in [5, 5.41) is 0. The maximum atomic E-state index is 12.7. The van der Waals surface area contributed by atoms with Gasteiger partial charge in [0.25, 0.3) is 0 Å². The maximum absolute atomic E-state index is 12.7. The molecule has 0 saturated carbocycles. The molecule has 0 aliphatic carbocycles. The van der Waals surface area contributed by atoms with Gasteiger partial charge in [-0.15, -0.1) is 0 Å². The van der Waals surface area contributed by atoms with E-state index in [2.05, 4.69) is 11.9 Å². The van der Waals surface area contributed by atoms with Crippen molar-refractivity contribution in [2.24, 2.45) is 0 Å². The van der Waals surface area contributed by atoms with Crippen LogP contribution in [-0.2, 0) is 0 Å². The number of halogens is 1. The smallest absolute Gasteiger partial charge is 0.123 e. The molecule has 90 valence electrons. The summed E-state index contributed by atoms with van der Waals surface area (Å²) >= 11 is 0. The monoisotopic (exact) mass is 223 g/mol. The first-order valence-corrected chi connectivity index (χ1v) is 6.20. The summed E-state index contributed by atoms with van der Waals surface area (Å²) in [6.45, 7) is 6.31. The average Bonchev–Trinajstić information content (AvgIpc) is 2.34. The van der Waals surface area contributed by atoms with Crippen LogP contribution in [0.3, 0.4) is 0 Å². The van der Waals surface area contributed by atoms with Gasteiger partial charge in [0, 0.05) is 0 Å². The molecule has 0 unspecified atom stereocenters. The van der Waals surface area contributed by atoms with E-state index in [1.807, 2.05) is 26.0 Å². The summed E-state index contributed by atoms with van der Waals surface area (Å²) in [5.41, 5.74) is 1.29. The molecule has 0 spiro atoms. The summed E-state index contributed by atoms with van der Waals surface area (Å²) in [6.07, 6.45) is 2.39. The van der Waals surface area contributed by atoms with E-state index in [1.165, 1.54) is 18.4 Å². The van der Waals surface area contributed by atoms with Crippen molar-refractivity contribution in [3.8, 4) is 0 Å². The first-order valence-electron chi connectivity index (χ1n) is 6.20. The standard InChI is InChI=1S/C12H16FN.C2H6/c1-14-8-6-11(7-9-14)10-2-4-12(13)5-3-10;1-2/h2-5,11H,6-9H2,1H3;1-2H3. The van der Waals surface area contributed by atoms with E-state index in [1.54, 1.807) is 12.1 Å². The Kier molecular flexibility index (Phi) is 5.47. The van der Waals surface area contributed by atoms with E-state index in [9.17, 15) is 4.39 Å². The van der Waals surface area contributed by atoms with Gasteiger partial charge in [-0.05, 0) is 56.6 Å². The fourth-order valence-corrected chi connectivity index (χ4v) is 2.08. The third-order valence-corrected chi connectivity index (χ3v) is 3.06. The highest BCUT2D eigenvalue weighted by atomic mass is 19.1. The quantitative estimate of drug-likeness (QED) is 0.702. The van der Waals surface area contributed by atoms with E-state index in [-0.39, 0.29) is 5.82 Å². The zero-order chi connectivity index (χ0) is 12.0. The molecule has 1 heterocycles. The van der Waals surface area contributed by atoms with Gasteiger partial charge in [-0.1, -0.05) is 26.0 Å². The van der Waals surface area contributed by atoms with Crippen molar-refractivity contribution in [1.82, 2.24) is 4.90 Å². The van der Waals surface area contributed by atoms with Crippen LogP contribution in [0.25, 0.3) is 0 Å². The Morgan fingerprint density at radius 1 is 1.06 bits per heavy atom. The van der Waals surface area contributed by atoms with Crippen molar-refractivity contribution in [2.45, 2.75) is 32.6 Å². The SMILES string of the molecule is CC.CN1CCC(c2ccc(F)cc2)CC1. The number of hydrogen-bond donors (Lipinski definition) is 0. The minimum atomic E-state index is -0.137. The van der Waals surface area contributed by atoms with Gasteiger partial charge in [0.2, 0.25) is 0 Å². The van der Waals surface area contributed by atoms with E-state index in [0.29, 0.717) is 5.92 Å². The molecule has 0 radical (unpaired) electrons. The van der Waals surface area contributed by atoms with Gasteiger partial charge in [0.05, 0.1) is 0 Å². The number of benzene rings is 1. The minimum Gasteiger partial charge on any atom is -0.306 e. The molecule has 1 fully saturated rings. The topological polar surface area (TPSA) is 3.24 Å². The Balaban J connectivity index is 0.000000606. The summed E-state index contributed by atoms with van der Waals surface area (Å²) in [5.74, 6) is 0.494. The molecule has 16 heavy (non-hydrogen) atoms. The molecular formula is C14H22FN. The van der Waals surface area contributed by atoms with Crippen molar-refractivity contribution in [3.63, 3.8) is 0 Å². The van der Waals surface area contributed by atoms with Crippen molar-refractivity contribution in [3.05, 3.63) is 35.6 Å². The molecule has 0 amide bonds. The van der Waals surface area contributed by atoms with Gasteiger partial charge < -0.3 is 4.90 Å². The summed E-state index contributed by atoms with van der Waals surface area (Å²) in [4.78, 5) is 2.35. The van der Waals surface area contributed by atoms with Gasteiger partial charge in [0.1, 0.15) is 5.82 Å². The van der Waals surface area contributed by atoms with Crippen LogP contribution in [0.1, 0.15) is 38.2 Å². The van der Waals surface area contributed by atoms with E-state index in [4.69, 9.17) is 0 Å². The number of nitrogens with zero attached hydrogens (tertiary/aromatic N) is 1. The largest absolute Gasteiger partial charge is 0.306 e. The molecule has 0 N–H and O–H groups in total. The van der Waals surface area contributed by atoms with E-state index >= 15 is 0 Å². The Labute approximate surface area is 98.3 Å². The van der Waals surface area contributed by atoms with Gasteiger partial charge in [-0.25, -0.2) is 4.39 Å². The number of likely N-dealkylation sites (tertiary alicyclic amines) is 1. The lowest BCUT2D eigenvalue weighted by Gasteiger charge is -2.29. The van der Waals surface area contributed by atoms with Gasteiger partial charge >= 0.3 is 0 Å². The second-order valence-electron chi connectivity index (χ2n) is 4.13. The Hall–Kier alpha value is -0.890. The van der Waals surface area contributed by atoms with Crippen molar-refractivity contribution in [1.29, 1.82) is 0 Å². The molecule has 1 aromatic rings. The van der Waals surface area contributed by atoms with Gasteiger partial charge in [-0.3, -0.25) is 0 Å². The highest BCUT2D eigenvalue weighted by molar-refractivity contribution is 5.20. The van der Waals surface area contributed by atoms with Gasteiger partial charge in [-0.2, -0.15) is 0 Å². The normalized spacial score (nSPS) is 17.8. The highest BCUT2D eigenvalue weighted by Gasteiger charge is 2.17. The van der Waals surface area contributed by atoms with Crippen LogP contribution in [-0.4, -0.2) is 25.0 Å².